The van der Waals surface area contributed by atoms with Crippen molar-refractivity contribution >= 4 is 63.9 Å². The van der Waals surface area contributed by atoms with Crippen molar-refractivity contribution in [3.8, 4) is 5.75 Å². The molecule has 0 spiro atoms. The number of hydrogen-bond acceptors (Lipinski definition) is 5. The number of nitrogens with one attached hydrogen (secondary N) is 1. The number of ether oxygens (including phenoxy) is 2. The van der Waals surface area contributed by atoms with E-state index in [1.54, 1.807) is 55.5 Å². The number of amides is 3. The normalized spacial score (nSPS) is 14.9. The van der Waals surface area contributed by atoms with Crippen molar-refractivity contribution in [2.75, 3.05) is 18.1 Å². The number of rotatable bonds is 6. The second-order valence-corrected chi connectivity index (χ2v) is 7.49. The average Bonchev–Trinajstić information content (AvgIpc) is 2.94. The summed E-state index contributed by atoms with van der Waals surface area (Å²) >= 11 is 8.02. The number of hydrogen-bond donors (Lipinski definition) is 1. The zero-order valence-electron chi connectivity index (χ0n) is 15.3. The van der Waals surface area contributed by atoms with Gasteiger partial charge in [-0.1, -0.05) is 23.7 Å². The molecular weight excluding hydrogens is 511 g/mol. The number of esters is 1. The standard InChI is InChI=1S/C20H16ClIN2O5/c1-2-28-18(25)11-29-17-7-6-12(8-15(17)22)9-16-19(26)24(20(27)23-16)14-5-3-4-13(21)10-14/h3-10H,2,11H2,1H3,(H,23,27)/b16-9+. The fraction of sp³-hybridized carbons (Fsp3) is 0.150. The van der Waals surface area contributed by atoms with Crippen LogP contribution in [0, 0.1) is 3.57 Å². The van der Waals surface area contributed by atoms with Crippen LogP contribution in [0.25, 0.3) is 6.08 Å². The number of benzene rings is 2. The van der Waals surface area contributed by atoms with E-state index in [0.717, 1.165) is 8.47 Å². The monoisotopic (exact) mass is 526 g/mol. The van der Waals surface area contributed by atoms with Crippen LogP contribution in [-0.4, -0.2) is 31.1 Å². The molecule has 1 N–H and O–H groups in total. The van der Waals surface area contributed by atoms with E-state index in [9.17, 15) is 14.4 Å². The van der Waals surface area contributed by atoms with Gasteiger partial charge in [-0.25, -0.2) is 14.5 Å². The van der Waals surface area contributed by atoms with E-state index in [1.807, 2.05) is 0 Å². The minimum Gasteiger partial charge on any atom is -0.481 e. The van der Waals surface area contributed by atoms with Crippen LogP contribution in [-0.2, 0) is 14.3 Å². The Hall–Kier alpha value is -2.59. The molecule has 0 radical (unpaired) electrons. The molecule has 1 fully saturated rings. The molecule has 1 aliphatic heterocycles. The quantitative estimate of drug-likeness (QED) is 0.266. The van der Waals surface area contributed by atoms with Crippen LogP contribution >= 0.6 is 34.2 Å². The minimum atomic E-state index is -0.549. The van der Waals surface area contributed by atoms with Gasteiger partial charge >= 0.3 is 12.0 Å². The molecule has 3 rings (SSSR count). The molecule has 0 aromatic heterocycles. The van der Waals surface area contributed by atoms with Crippen molar-refractivity contribution in [2.45, 2.75) is 6.92 Å². The molecule has 0 aliphatic carbocycles. The van der Waals surface area contributed by atoms with E-state index in [-0.39, 0.29) is 18.9 Å². The van der Waals surface area contributed by atoms with Crippen molar-refractivity contribution < 1.29 is 23.9 Å². The zero-order chi connectivity index (χ0) is 21.0. The number of anilines is 1. The number of halogens is 2. The Kier molecular flexibility index (Phi) is 6.75. The van der Waals surface area contributed by atoms with Crippen LogP contribution in [0.5, 0.6) is 5.75 Å². The smallest absolute Gasteiger partial charge is 0.344 e. The lowest BCUT2D eigenvalue weighted by molar-refractivity contribution is -0.145. The van der Waals surface area contributed by atoms with Crippen LogP contribution in [0.3, 0.4) is 0 Å². The van der Waals surface area contributed by atoms with Crippen molar-refractivity contribution in [3.05, 3.63) is 62.3 Å². The Balaban J connectivity index is 1.76. The third kappa shape index (κ3) is 5.07. The molecule has 1 heterocycles. The Morgan fingerprint density at radius 2 is 2.03 bits per heavy atom. The molecule has 1 aliphatic rings. The second-order valence-electron chi connectivity index (χ2n) is 5.89. The van der Waals surface area contributed by atoms with Gasteiger partial charge in [0.1, 0.15) is 11.4 Å². The number of urea groups is 1. The number of carbonyl (C=O) groups is 3. The molecule has 0 atom stereocenters. The van der Waals surface area contributed by atoms with Crippen LogP contribution in [0.1, 0.15) is 12.5 Å². The summed E-state index contributed by atoms with van der Waals surface area (Å²) in [6.07, 6.45) is 1.57. The summed E-state index contributed by atoms with van der Waals surface area (Å²) in [5.41, 5.74) is 1.22. The van der Waals surface area contributed by atoms with Gasteiger partial charge in [0.15, 0.2) is 6.61 Å². The first-order valence-electron chi connectivity index (χ1n) is 8.59. The lowest BCUT2D eigenvalue weighted by atomic mass is 10.2. The molecule has 0 saturated carbocycles. The third-order valence-corrected chi connectivity index (χ3v) is 4.94. The Labute approximate surface area is 185 Å². The van der Waals surface area contributed by atoms with E-state index in [1.165, 1.54) is 0 Å². The summed E-state index contributed by atoms with van der Waals surface area (Å²) in [7, 11) is 0. The summed E-state index contributed by atoms with van der Waals surface area (Å²) in [6.45, 7) is 1.83. The second kappa shape index (κ2) is 9.27. The molecule has 1 saturated heterocycles. The maximum Gasteiger partial charge on any atom is 0.344 e. The first kappa shape index (κ1) is 21.1. The van der Waals surface area contributed by atoms with Gasteiger partial charge < -0.3 is 14.8 Å². The lowest BCUT2D eigenvalue weighted by Crippen LogP contribution is -2.30. The van der Waals surface area contributed by atoms with E-state index in [2.05, 4.69) is 27.9 Å². The van der Waals surface area contributed by atoms with Crippen LogP contribution in [0.15, 0.2) is 48.2 Å². The van der Waals surface area contributed by atoms with Gasteiger partial charge in [-0.05, 0) is 71.5 Å². The molecule has 29 heavy (non-hydrogen) atoms. The fourth-order valence-corrected chi connectivity index (χ4v) is 3.49. The summed E-state index contributed by atoms with van der Waals surface area (Å²) < 4.78 is 11.0. The predicted molar refractivity (Wildman–Crippen MR) is 117 cm³/mol. The van der Waals surface area contributed by atoms with Crippen molar-refractivity contribution in [1.29, 1.82) is 0 Å². The summed E-state index contributed by atoms with van der Waals surface area (Å²) in [6, 6.07) is 11.1. The van der Waals surface area contributed by atoms with Gasteiger partial charge in [-0.2, -0.15) is 0 Å². The van der Waals surface area contributed by atoms with E-state index in [0.29, 0.717) is 22.0 Å². The Bertz CT molecular complexity index is 1010. The fourth-order valence-electron chi connectivity index (χ4n) is 2.61. The van der Waals surface area contributed by atoms with E-state index in [4.69, 9.17) is 21.1 Å². The van der Waals surface area contributed by atoms with Gasteiger partial charge in [0.05, 0.1) is 15.9 Å². The highest BCUT2D eigenvalue weighted by Crippen LogP contribution is 2.27. The number of carbonyl (C=O) groups excluding carboxylic acids is 3. The largest absolute Gasteiger partial charge is 0.481 e. The average molecular weight is 527 g/mol. The minimum absolute atomic E-state index is 0.144. The maximum absolute atomic E-state index is 12.7. The van der Waals surface area contributed by atoms with E-state index < -0.39 is 17.9 Å². The predicted octanol–water partition coefficient (Wildman–Crippen LogP) is 3.98. The van der Waals surface area contributed by atoms with E-state index >= 15 is 0 Å². The van der Waals surface area contributed by atoms with Gasteiger partial charge in [0.25, 0.3) is 5.91 Å². The molecular formula is C20H16ClIN2O5. The SMILES string of the molecule is CCOC(=O)COc1ccc(/C=C2/NC(=O)N(c3cccc(Cl)c3)C2=O)cc1I. The maximum atomic E-state index is 12.7. The van der Waals surface area contributed by atoms with Crippen LogP contribution < -0.4 is 15.0 Å². The molecule has 0 bridgehead atoms. The Morgan fingerprint density at radius 1 is 1.24 bits per heavy atom. The highest BCUT2D eigenvalue weighted by atomic mass is 127. The van der Waals surface area contributed by atoms with Gasteiger partial charge in [-0.15, -0.1) is 0 Å². The van der Waals surface area contributed by atoms with Gasteiger partial charge in [0.2, 0.25) is 0 Å². The number of nitrogens with zero attached hydrogens (tertiary/aromatic N) is 1. The molecule has 9 heteroatoms. The molecule has 150 valence electrons. The molecule has 2 aromatic rings. The topological polar surface area (TPSA) is 84.9 Å². The molecule has 2 aromatic carbocycles. The lowest BCUT2D eigenvalue weighted by Gasteiger charge is -2.11. The zero-order valence-corrected chi connectivity index (χ0v) is 18.2. The van der Waals surface area contributed by atoms with Crippen molar-refractivity contribution in [2.24, 2.45) is 0 Å². The van der Waals surface area contributed by atoms with Crippen molar-refractivity contribution in [3.63, 3.8) is 0 Å². The third-order valence-electron chi connectivity index (χ3n) is 3.86. The van der Waals surface area contributed by atoms with Gasteiger partial charge in [-0.3, -0.25) is 4.79 Å². The molecule has 3 amide bonds. The Morgan fingerprint density at radius 3 is 2.72 bits per heavy atom. The van der Waals surface area contributed by atoms with Crippen LogP contribution in [0.2, 0.25) is 5.02 Å². The summed E-state index contributed by atoms with van der Waals surface area (Å²) in [4.78, 5) is 37.4. The first-order chi connectivity index (χ1) is 13.9. The van der Waals surface area contributed by atoms with Crippen molar-refractivity contribution in [1.82, 2.24) is 5.32 Å². The first-order valence-corrected chi connectivity index (χ1v) is 10.1. The number of imide groups is 1. The molecule has 0 unspecified atom stereocenters. The summed E-state index contributed by atoms with van der Waals surface area (Å²) in [5.74, 6) is -0.409. The highest BCUT2D eigenvalue weighted by Gasteiger charge is 2.34. The van der Waals surface area contributed by atoms with Gasteiger partial charge in [0, 0.05) is 5.02 Å². The summed E-state index contributed by atoms with van der Waals surface area (Å²) in [5, 5.41) is 2.99. The highest BCUT2D eigenvalue weighted by molar-refractivity contribution is 14.1. The van der Waals surface area contributed by atoms with Crippen LogP contribution in [0.4, 0.5) is 10.5 Å². The molecule has 7 nitrogen and oxygen atoms in total.